The van der Waals surface area contributed by atoms with Gasteiger partial charge in [0, 0.05) is 19.1 Å². The molecule has 1 saturated carbocycles. The zero-order chi connectivity index (χ0) is 15.9. The van der Waals surface area contributed by atoms with Gasteiger partial charge in [-0.25, -0.2) is 4.79 Å². The quantitative estimate of drug-likeness (QED) is 0.748. The van der Waals surface area contributed by atoms with Crippen molar-refractivity contribution in [1.29, 1.82) is 0 Å². The summed E-state index contributed by atoms with van der Waals surface area (Å²) in [6.07, 6.45) is 6.10. The molecule has 0 aromatic heterocycles. The molecule has 0 aromatic carbocycles. The van der Waals surface area contributed by atoms with Crippen LogP contribution in [-0.2, 0) is 9.53 Å². The molecule has 124 valence electrons. The summed E-state index contributed by atoms with van der Waals surface area (Å²) in [5, 5.41) is 0. The van der Waals surface area contributed by atoms with Crippen LogP contribution in [0.2, 0.25) is 0 Å². The Balaban J connectivity index is 1.79. The number of carbonyl (C=O) groups excluding carboxylic acids is 2. The Morgan fingerprint density at radius 1 is 1.05 bits per heavy atom. The largest absolute Gasteiger partial charge is 0.444 e. The van der Waals surface area contributed by atoms with Gasteiger partial charge >= 0.3 is 6.09 Å². The summed E-state index contributed by atoms with van der Waals surface area (Å²) >= 11 is 0. The summed E-state index contributed by atoms with van der Waals surface area (Å²) in [6, 6.07) is -0.109. The predicted molar refractivity (Wildman–Crippen MR) is 83.4 cm³/mol. The molecular formula is C17H28N2O3. The van der Waals surface area contributed by atoms with Gasteiger partial charge in [-0.2, -0.15) is 0 Å². The minimum atomic E-state index is -0.520. The molecule has 22 heavy (non-hydrogen) atoms. The zero-order valence-corrected chi connectivity index (χ0v) is 14.0. The summed E-state index contributed by atoms with van der Waals surface area (Å²) in [7, 11) is 0. The lowest BCUT2D eigenvalue weighted by atomic mass is 9.84. The minimum Gasteiger partial charge on any atom is -0.444 e. The minimum absolute atomic E-state index is 0.131. The van der Waals surface area contributed by atoms with E-state index in [1.807, 2.05) is 25.7 Å². The lowest BCUT2D eigenvalue weighted by Gasteiger charge is -2.38. The van der Waals surface area contributed by atoms with Crippen molar-refractivity contribution in [3.8, 4) is 0 Å². The highest BCUT2D eigenvalue weighted by Gasteiger charge is 2.50. The van der Waals surface area contributed by atoms with Gasteiger partial charge in [0.1, 0.15) is 11.6 Å². The van der Waals surface area contributed by atoms with Crippen molar-refractivity contribution in [3.05, 3.63) is 0 Å². The Kier molecular flexibility index (Phi) is 4.08. The summed E-state index contributed by atoms with van der Waals surface area (Å²) < 4.78 is 5.60. The van der Waals surface area contributed by atoms with Crippen LogP contribution in [0.25, 0.3) is 0 Å². The van der Waals surface area contributed by atoms with Gasteiger partial charge in [-0.3, -0.25) is 9.69 Å². The number of hydrogen-bond acceptors (Lipinski definition) is 3. The molecule has 2 amide bonds. The van der Waals surface area contributed by atoms with Crippen LogP contribution in [0.15, 0.2) is 0 Å². The molecule has 3 fully saturated rings. The molecule has 0 bridgehead atoms. The molecule has 2 saturated heterocycles. The van der Waals surface area contributed by atoms with E-state index >= 15 is 0 Å². The van der Waals surface area contributed by atoms with E-state index in [1.54, 1.807) is 4.90 Å². The molecule has 2 aliphatic heterocycles. The number of likely N-dealkylation sites (tertiary alicyclic amines) is 2. The molecule has 0 spiro atoms. The van der Waals surface area contributed by atoms with Crippen molar-refractivity contribution >= 4 is 12.0 Å². The van der Waals surface area contributed by atoms with Crippen LogP contribution in [0.5, 0.6) is 0 Å². The monoisotopic (exact) mass is 308 g/mol. The number of amides is 2. The Labute approximate surface area is 133 Å². The van der Waals surface area contributed by atoms with Crippen LogP contribution in [0.1, 0.15) is 59.3 Å². The number of nitrogens with zero attached hydrogens (tertiary/aromatic N) is 2. The Morgan fingerprint density at radius 2 is 1.73 bits per heavy atom. The van der Waals surface area contributed by atoms with E-state index in [2.05, 4.69) is 0 Å². The van der Waals surface area contributed by atoms with Crippen molar-refractivity contribution < 1.29 is 14.3 Å². The summed E-state index contributed by atoms with van der Waals surface area (Å²) in [5.41, 5.74) is -0.520. The van der Waals surface area contributed by atoms with E-state index in [9.17, 15) is 9.59 Å². The maximum atomic E-state index is 12.7. The van der Waals surface area contributed by atoms with E-state index in [1.165, 1.54) is 6.42 Å². The smallest absolute Gasteiger partial charge is 0.411 e. The lowest BCUT2D eigenvalue weighted by molar-refractivity contribution is -0.139. The molecular weight excluding hydrogens is 280 g/mol. The fourth-order valence-corrected chi connectivity index (χ4v) is 4.01. The maximum absolute atomic E-state index is 12.7. The number of ether oxygens (including phenoxy) is 1. The van der Waals surface area contributed by atoms with Crippen LogP contribution in [0.3, 0.4) is 0 Å². The molecule has 1 aliphatic carbocycles. The van der Waals surface area contributed by atoms with Crippen molar-refractivity contribution in [1.82, 2.24) is 9.80 Å². The second-order valence-corrected chi connectivity index (χ2v) is 7.93. The highest BCUT2D eigenvalue weighted by Crippen LogP contribution is 2.41. The van der Waals surface area contributed by atoms with Crippen molar-refractivity contribution in [2.45, 2.75) is 77.0 Å². The third kappa shape index (κ3) is 2.95. The third-order valence-corrected chi connectivity index (χ3v) is 5.15. The van der Waals surface area contributed by atoms with Gasteiger partial charge in [-0.1, -0.05) is 12.8 Å². The SMILES string of the molecule is CC(C)(C)OC(=O)N1C(C(=O)N2CCC2)C[C@@H]2CCCC[C@@H]21. The summed E-state index contributed by atoms with van der Waals surface area (Å²) in [4.78, 5) is 29.1. The van der Waals surface area contributed by atoms with Crippen molar-refractivity contribution in [3.63, 3.8) is 0 Å². The van der Waals surface area contributed by atoms with Gasteiger partial charge in [0.05, 0.1) is 0 Å². The third-order valence-electron chi connectivity index (χ3n) is 5.15. The zero-order valence-electron chi connectivity index (χ0n) is 14.0. The highest BCUT2D eigenvalue weighted by atomic mass is 16.6. The first-order valence-electron chi connectivity index (χ1n) is 8.67. The number of rotatable bonds is 1. The molecule has 5 heteroatoms. The van der Waals surface area contributed by atoms with Gasteiger partial charge in [-0.05, 0) is 52.4 Å². The molecule has 0 radical (unpaired) electrons. The molecule has 5 nitrogen and oxygen atoms in total. The number of fused-ring (bicyclic) bond motifs is 1. The highest BCUT2D eigenvalue weighted by molar-refractivity contribution is 5.87. The summed E-state index contributed by atoms with van der Waals surface area (Å²) in [5.74, 6) is 0.600. The van der Waals surface area contributed by atoms with Crippen LogP contribution in [-0.4, -0.2) is 52.6 Å². The maximum Gasteiger partial charge on any atom is 0.411 e. The van der Waals surface area contributed by atoms with E-state index < -0.39 is 5.60 Å². The fourth-order valence-electron chi connectivity index (χ4n) is 4.01. The van der Waals surface area contributed by atoms with Crippen LogP contribution >= 0.6 is 0 Å². The predicted octanol–water partition coefficient (Wildman–Crippen LogP) is 2.79. The molecule has 2 heterocycles. The van der Waals surface area contributed by atoms with Gasteiger partial charge in [0.15, 0.2) is 0 Å². The molecule has 3 rings (SSSR count). The number of carbonyl (C=O) groups is 2. The molecule has 0 N–H and O–H groups in total. The van der Waals surface area contributed by atoms with E-state index in [0.29, 0.717) is 5.92 Å². The van der Waals surface area contributed by atoms with E-state index in [-0.39, 0.29) is 24.1 Å². The van der Waals surface area contributed by atoms with E-state index in [0.717, 1.165) is 45.2 Å². The van der Waals surface area contributed by atoms with Gasteiger partial charge in [0.25, 0.3) is 0 Å². The van der Waals surface area contributed by atoms with Gasteiger partial charge in [-0.15, -0.1) is 0 Å². The lowest BCUT2D eigenvalue weighted by Crippen LogP contribution is -2.54. The fraction of sp³-hybridized carbons (Fsp3) is 0.882. The average Bonchev–Trinajstić information content (AvgIpc) is 2.73. The van der Waals surface area contributed by atoms with Crippen LogP contribution < -0.4 is 0 Å². The second-order valence-electron chi connectivity index (χ2n) is 7.93. The first kappa shape index (κ1) is 15.6. The normalized spacial score (nSPS) is 31.5. The van der Waals surface area contributed by atoms with E-state index in [4.69, 9.17) is 4.74 Å². The first-order valence-corrected chi connectivity index (χ1v) is 8.67. The first-order chi connectivity index (χ1) is 10.4. The molecule has 1 unspecified atom stereocenters. The average molecular weight is 308 g/mol. The molecule has 3 aliphatic rings. The van der Waals surface area contributed by atoms with Gasteiger partial charge in [0.2, 0.25) is 5.91 Å². The Hall–Kier alpha value is -1.26. The topological polar surface area (TPSA) is 49.9 Å². The standard InChI is InChI=1S/C17H28N2O3/c1-17(2,3)22-16(21)19-13-8-5-4-7-12(13)11-14(19)15(20)18-9-6-10-18/h12-14H,4-11H2,1-3H3/t12-,13-,14?/m0/s1. The van der Waals surface area contributed by atoms with Gasteiger partial charge < -0.3 is 9.64 Å². The van der Waals surface area contributed by atoms with Crippen molar-refractivity contribution in [2.24, 2.45) is 5.92 Å². The Bertz CT molecular complexity index is 453. The molecule has 3 atom stereocenters. The Morgan fingerprint density at radius 3 is 2.32 bits per heavy atom. The van der Waals surface area contributed by atoms with Crippen LogP contribution in [0.4, 0.5) is 4.79 Å². The number of hydrogen-bond donors (Lipinski definition) is 0. The van der Waals surface area contributed by atoms with Crippen molar-refractivity contribution in [2.75, 3.05) is 13.1 Å². The van der Waals surface area contributed by atoms with Crippen LogP contribution in [0, 0.1) is 5.92 Å². The summed E-state index contributed by atoms with van der Waals surface area (Å²) in [6.45, 7) is 7.32. The second kappa shape index (κ2) is 5.74. The molecule has 0 aromatic rings.